The summed E-state index contributed by atoms with van der Waals surface area (Å²) < 4.78 is 5.61. The molecule has 21 heavy (non-hydrogen) atoms. The van der Waals surface area contributed by atoms with E-state index in [0.29, 0.717) is 25.7 Å². The molecule has 0 saturated carbocycles. The molecule has 0 spiro atoms. The fraction of sp³-hybridized carbons (Fsp3) is 0.938. The van der Waals surface area contributed by atoms with E-state index in [9.17, 15) is 9.90 Å². The normalized spacial score (nSPS) is 14.9. The molecule has 5 nitrogen and oxygen atoms in total. The molecule has 0 bridgehead atoms. The molecule has 126 valence electrons. The number of hydrogen-bond acceptors (Lipinski definition) is 4. The van der Waals surface area contributed by atoms with Gasteiger partial charge in [0.15, 0.2) is 0 Å². The van der Waals surface area contributed by atoms with Crippen LogP contribution in [0.15, 0.2) is 0 Å². The Morgan fingerprint density at radius 1 is 1.33 bits per heavy atom. The number of nitrogens with two attached hydrogens (primary N) is 1. The topological polar surface area (TPSA) is 84.6 Å². The largest absolute Gasteiger partial charge is 0.389 e. The minimum absolute atomic E-state index is 0.246. The van der Waals surface area contributed by atoms with Crippen LogP contribution in [0.25, 0.3) is 0 Å². The highest BCUT2D eigenvalue weighted by Crippen LogP contribution is 2.13. The van der Waals surface area contributed by atoms with Crippen molar-refractivity contribution in [3.63, 3.8) is 0 Å². The van der Waals surface area contributed by atoms with Gasteiger partial charge in [0, 0.05) is 25.1 Å². The molecule has 0 aromatic heterocycles. The minimum Gasteiger partial charge on any atom is -0.389 e. The zero-order valence-corrected chi connectivity index (χ0v) is 14.2. The number of aliphatic hydroxyl groups excluding tert-OH is 1. The van der Waals surface area contributed by atoms with Crippen LogP contribution in [0.2, 0.25) is 0 Å². The molecule has 0 fully saturated rings. The maximum absolute atomic E-state index is 10.9. The number of unbranched alkanes of at least 4 members (excludes halogenated alkanes) is 1. The van der Waals surface area contributed by atoms with Gasteiger partial charge in [0.1, 0.15) is 0 Å². The molecule has 0 rings (SSSR count). The molecule has 0 aliphatic heterocycles. The van der Waals surface area contributed by atoms with E-state index < -0.39 is 11.6 Å². The molecule has 0 saturated heterocycles. The summed E-state index contributed by atoms with van der Waals surface area (Å²) >= 11 is 0. The summed E-state index contributed by atoms with van der Waals surface area (Å²) in [5.74, 6) is 0.233. The summed E-state index contributed by atoms with van der Waals surface area (Å²) in [6, 6.07) is 0. The first kappa shape index (κ1) is 20.3. The van der Waals surface area contributed by atoms with E-state index in [4.69, 9.17) is 10.5 Å². The standard InChI is InChI=1S/C16H34N2O3/c1-5-7-8-13(6-2)11-21-12-14(19)10-18-16(3,4)9-15(17)20/h13-14,18-19H,5-12H2,1-4H3,(H2,17,20). The van der Waals surface area contributed by atoms with Crippen LogP contribution in [-0.2, 0) is 9.53 Å². The second-order valence-electron chi connectivity index (χ2n) is 6.52. The third kappa shape index (κ3) is 11.7. The van der Waals surface area contributed by atoms with Gasteiger partial charge in [0.25, 0.3) is 0 Å². The Labute approximate surface area is 129 Å². The first-order valence-electron chi connectivity index (χ1n) is 8.09. The number of ether oxygens (including phenoxy) is 1. The molecular weight excluding hydrogens is 268 g/mol. The lowest BCUT2D eigenvalue weighted by Gasteiger charge is -2.26. The van der Waals surface area contributed by atoms with Crippen LogP contribution in [0.4, 0.5) is 0 Å². The third-order valence-corrected chi connectivity index (χ3v) is 3.64. The van der Waals surface area contributed by atoms with Crippen molar-refractivity contribution in [2.45, 2.75) is 71.4 Å². The number of carbonyl (C=O) groups is 1. The minimum atomic E-state index is -0.569. The summed E-state index contributed by atoms with van der Waals surface area (Å²) in [6.07, 6.45) is 4.41. The molecule has 2 unspecified atom stereocenters. The predicted molar refractivity (Wildman–Crippen MR) is 86.0 cm³/mol. The lowest BCUT2D eigenvalue weighted by Crippen LogP contribution is -2.46. The molecule has 2 atom stereocenters. The predicted octanol–water partition coefficient (Wildman–Crippen LogP) is 1.82. The fourth-order valence-corrected chi connectivity index (χ4v) is 2.22. The molecular formula is C16H34N2O3. The molecule has 1 amide bonds. The Morgan fingerprint density at radius 2 is 2.00 bits per heavy atom. The lowest BCUT2D eigenvalue weighted by atomic mass is 10.00. The highest BCUT2D eigenvalue weighted by molar-refractivity contribution is 5.74. The van der Waals surface area contributed by atoms with Crippen molar-refractivity contribution >= 4 is 5.91 Å². The molecule has 0 aromatic rings. The number of aliphatic hydroxyl groups is 1. The van der Waals surface area contributed by atoms with Gasteiger partial charge in [-0.25, -0.2) is 0 Å². The van der Waals surface area contributed by atoms with Gasteiger partial charge in [-0.15, -0.1) is 0 Å². The number of rotatable bonds is 13. The third-order valence-electron chi connectivity index (χ3n) is 3.64. The van der Waals surface area contributed by atoms with E-state index >= 15 is 0 Å². The SMILES string of the molecule is CCCCC(CC)COCC(O)CNC(C)(C)CC(N)=O. The van der Waals surface area contributed by atoms with Crippen LogP contribution in [0.1, 0.15) is 59.8 Å². The van der Waals surface area contributed by atoms with E-state index in [1.165, 1.54) is 19.3 Å². The lowest BCUT2D eigenvalue weighted by molar-refractivity contribution is -0.119. The summed E-state index contributed by atoms with van der Waals surface area (Å²) in [5.41, 5.74) is 4.78. The van der Waals surface area contributed by atoms with Crippen LogP contribution in [0.5, 0.6) is 0 Å². The summed E-state index contributed by atoms with van der Waals surface area (Å²) in [5, 5.41) is 13.1. The van der Waals surface area contributed by atoms with Gasteiger partial charge in [-0.2, -0.15) is 0 Å². The quantitative estimate of drug-likeness (QED) is 0.484. The van der Waals surface area contributed by atoms with E-state index in [1.807, 2.05) is 13.8 Å². The molecule has 0 radical (unpaired) electrons. The number of carbonyl (C=O) groups excluding carboxylic acids is 1. The van der Waals surface area contributed by atoms with Gasteiger partial charge in [-0.05, 0) is 26.2 Å². The number of β-amino-alcohol motifs (C(OH)–C–C–N with tert-alkyl or cyclic N) is 1. The Balaban J connectivity index is 3.84. The van der Waals surface area contributed by atoms with E-state index in [1.54, 1.807) is 0 Å². The Hall–Kier alpha value is -0.650. The van der Waals surface area contributed by atoms with Gasteiger partial charge in [-0.1, -0.05) is 33.1 Å². The average Bonchev–Trinajstić information content (AvgIpc) is 2.39. The van der Waals surface area contributed by atoms with Crippen molar-refractivity contribution in [2.75, 3.05) is 19.8 Å². The first-order valence-corrected chi connectivity index (χ1v) is 8.09. The second kappa shape index (κ2) is 11.0. The summed E-state index contributed by atoms with van der Waals surface area (Å²) in [4.78, 5) is 10.9. The number of amides is 1. The van der Waals surface area contributed by atoms with E-state index in [2.05, 4.69) is 19.2 Å². The van der Waals surface area contributed by atoms with Crippen molar-refractivity contribution in [1.82, 2.24) is 5.32 Å². The Morgan fingerprint density at radius 3 is 2.52 bits per heavy atom. The number of primary amides is 1. The molecule has 0 aliphatic carbocycles. The van der Waals surface area contributed by atoms with Crippen LogP contribution >= 0.6 is 0 Å². The van der Waals surface area contributed by atoms with Gasteiger partial charge < -0.3 is 20.9 Å². The van der Waals surface area contributed by atoms with Gasteiger partial charge in [0.2, 0.25) is 5.91 Å². The molecule has 0 heterocycles. The smallest absolute Gasteiger partial charge is 0.219 e. The zero-order valence-electron chi connectivity index (χ0n) is 14.2. The average molecular weight is 302 g/mol. The van der Waals surface area contributed by atoms with Crippen molar-refractivity contribution in [2.24, 2.45) is 11.7 Å². The van der Waals surface area contributed by atoms with Gasteiger partial charge in [0.05, 0.1) is 12.7 Å². The zero-order chi connectivity index (χ0) is 16.3. The van der Waals surface area contributed by atoms with Crippen molar-refractivity contribution in [1.29, 1.82) is 0 Å². The summed E-state index contributed by atoms with van der Waals surface area (Å²) in [6.45, 7) is 9.57. The van der Waals surface area contributed by atoms with Crippen LogP contribution in [0, 0.1) is 5.92 Å². The highest BCUT2D eigenvalue weighted by Gasteiger charge is 2.21. The van der Waals surface area contributed by atoms with Gasteiger partial charge >= 0.3 is 0 Å². The first-order chi connectivity index (χ1) is 9.80. The Kier molecular flexibility index (Phi) is 10.6. The second-order valence-corrected chi connectivity index (χ2v) is 6.52. The van der Waals surface area contributed by atoms with E-state index in [0.717, 1.165) is 6.42 Å². The molecule has 5 heteroatoms. The highest BCUT2D eigenvalue weighted by atomic mass is 16.5. The molecule has 0 aliphatic rings. The fourth-order valence-electron chi connectivity index (χ4n) is 2.22. The van der Waals surface area contributed by atoms with Crippen LogP contribution in [-0.4, -0.2) is 42.4 Å². The van der Waals surface area contributed by atoms with Gasteiger partial charge in [-0.3, -0.25) is 4.79 Å². The number of nitrogens with one attached hydrogen (secondary N) is 1. The molecule has 4 N–H and O–H groups in total. The van der Waals surface area contributed by atoms with E-state index in [-0.39, 0.29) is 12.3 Å². The van der Waals surface area contributed by atoms with Crippen molar-refractivity contribution < 1.29 is 14.6 Å². The van der Waals surface area contributed by atoms with Crippen LogP contribution in [0.3, 0.4) is 0 Å². The maximum atomic E-state index is 10.9. The van der Waals surface area contributed by atoms with Crippen molar-refractivity contribution in [3.05, 3.63) is 0 Å². The molecule has 0 aromatic carbocycles. The summed E-state index contributed by atoms with van der Waals surface area (Å²) in [7, 11) is 0. The maximum Gasteiger partial charge on any atom is 0.219 e. The Bertz CT molecular complexity index is 283. The van der Waals surface area contributed by atoms with Crippen molar-refractivity contribution in [3.8, 4) is 0 Å². The number of hydrogen-bond donors (Lipinski definition) is 3. The van der Waals surface area contributed by atoms with Crippen LogP contribution < -0.4 is 11.1 Å². The monoisotopic (exact) mass is 302 g/mol.